The molecule has 14 heavy (non-hydrogen) atoms. The molecule has 80 valence electrons. The van der Waals surface area contributed by atoms with Crippen molar-refractivity contribution in [1.29, 1.82) is 0 Å². The molecule has 0 aromatic carbocycles. The Kier molecular flexibility index (Phi) is 3.79. The molecule has 0 N–H and O–H groups in total. The van der Waals surface area contributed by atoms with Gasteiger partial charge >= 0.3 is 0 Å². The van der Waals surface area contributed by atoms with Crippen molar-refractivity contribution in [2.75, 3.05) is 0 Å². The molecular formula is C13H23N. The van der Waals surface area contributed by atoms with E-state index in [1.165, 1.54) is 36.2 Å². The molecule has 0 bridgehead atoms. The number of nitrogens with zero attached hydrogens (tertiary/aromatic N) is 1. The maximum absolute atomic E-state index is 2.36. The molecule has 0 saturated heterocycles. The Bertz CT molecular complexity index is 308. The summed E-state index contributed by atoms with van der Waals surface area (Å²) >= 11 is 0. The Balaban J connectivity index is 3.03. The van der Waals surface area contributed by atoms with Gasteiger partial charge in [0.2, 0.25) is 0 Å². The summed E-state index contributed by atoms with van der Waals surface area (Å²) < 4.78 is 2.36. The second-order valence-corrected chi connectivity index (χ2v) is 4.15. The fourth-order valence-electron chi connectivity index (χ4n) is 2.33. The molecule has 0 fully saturated rings. The fraction of sp³-hybridized carbons (Fsp3) is 0.692. The van der Waals surface area contributed by atoms with Crippen LogP contribution in [0.15, 0.2) is 0 Å². The van der Waals surface area contributed by atoms with Crippen molar-refractivity contribution >= 4 is 0 Å². The van der Waals surface area contributed by atoms with Gasteiger partial charge in [0.05, 0.1) is 0 Å². The van der Waals surface area contributed by atoms with Gasteiger partial charge in [-0.05, 0) is 44.2 Å². The number of hydrogen-bond donors (Lipinski definition) is 0. The van der Waals surface area contributed by atoms with Crippen molar-refractivity contribution in [3.63, 3.8) is 0 Å². The molecule has 0 amide bonds. The maximum atomic E-state index is 2.36. The van der Waals surface area contributed by atoms with Gasteiger partial charge in [-0.2, -0.15) is 0 Å². The van der Waals surface area contributed by atoms with Gasteiger partial charge < -0.3 is 4.57 Å². The second-order valence-electron chi connectivity index (χ2n) is 4.15. The van der Waals surface area contributed by atoms with E-state index in [0.29, 0.717) is 0 Å². The summed E-state index contributed by atoms with van der Waals surface area (Å²) in [6.07, 6.45) is 5.00. The van der Waals surface area contributed by atoms with E-state index in [2.05, 4.69) is 39.3 Å². The van der Waals surface area contributed by atoms with Gasteiger partial charge in [0.25, 0.3) is 0 Å². The lowest BCUT2D eigenvalue weighted by Crippen LogP contribution is -1.97. The minimum Gasteiger partial charge on any atom is -0.351 e. The maximum Gasteiger partial charge on any atom is 0.0203 e. The third-order valence-electron chi connectivity index (χ3n) is 3.35. The summed E-state index contributed by atoms with van der Waals surface area (Å²) in [5.41, 5.74) is 6.09. The highest BCUT2D eigenvalue weighted by atomic mass is 15.0. The summed E-state index contributed by atoms with van der Waals surface area (Å²) in [4.78, 5) is 0. The summed E-state index contributed by atoms with van der Waals surface area (Å²) in [5.74, 6) is 0. The van der Waals surface area contributed by atoms with Gasteiger partial charge in [0.1, 0.15) is 0 Å². The van der Waals surface area contributed by atoms with E-state index < -0.39 is 0 Å². The van der Waals surface area contributed by atoms with Crippen molar-refractivity contribution in [3.8, 4) is 0 Å². The third kappa shape index (κ3) is 1.87. The predicted molar refractivity (Wildman–Crippen MR) is 62.9 cm³/mol. The zero-order chi connectivity index (χ0) is 10.7. The molecular weight excluding hydrogens is 170 g/mol. The Labute approximate surface area is 88.1 Å². The molecule has 0 radical (unpaired) electrons. The zero-order valence-electron chi connectivity index (χ0n) is 10.3. The highest BCUT2D eigenvalue weighted by Gasteiger charge is 2.12. The molecule has 1 rings (SSSR count). The van der Waals surface area contributed by atoms with Gasteiger partial charge in [0.15, 0.2) is 0 Å². The topological polar surface area (TPSA) is 4.93 Å². The molecule has 0 spiro atoms. The Hall–Kier alpha value is -0.720. The second kappa shape index (κ2) is 4.68. The first-order valence-electron chi connectivity index (χ1n) is 5.77. The van der Waals surface area contributed by atoms with E-state index in [0.717, 1.165) is 6.42 Å². The van der Waals surface area contributed by atoms with E-state index in [1.807, 2.05) is 0 Å². The molecule has 0 unspecified atom stereocenters. The highest BCUT2D eigenvalue weighted by molar-refractivity contribution is 5.37. The van der Waals surface area contributed by atoms with Crippen LogP contribution in [0, 0.1) is 13.8 Å². The van der Waals surface area contributed by atoms with Crippen LogP contribution in [0.1, 0.15) is 49.2 Å². The molecule has 0 saturated carbocycles. The molecule has 0 atom stereocenters. The Morgan fingerprint density at radius 2 is 1.79 bits per heavy atom. The normalized spacial score (nSPS) is 10.9. The quantitative estimate of drug-likeness (QED) is 0.689. The molecule has 1 nitrogen and oxygen atoms in total. The van der Waals surface area contributed by atoms with E-state index in [4.69, 9.17) is 0 Å². The monoisotopic (exact) mass is 193 g/mol. The third-order valence-corrected chi connectivity index (χ3v) is 3.35. The molecule has 1 heterocycles. The van der Waals surface area contributed by atoms with Crippen LogP contribution in [0.25, 0.3) is 0 Å². The van der Waals surface area contributed by atoms with Crippen LogP contribution in [0.2, 0.25) is 0 Å². The number of aromatic nitrogens is 1. The van der Waals surface area contributed by atoms with Crippen molar-refractivity contribution in [2.24, 2.45) is 7.05 Å². The lowest BCUT2D eigenvalue weighted by molar-refractivity contribution is 0.772. The largest absolute Gasteiger partial charge is 0.351 e. The van der Waals surface area contributed by atoms with Crippen molar-refractivity contribution in [2.45, 2.75) is 53.4 Å². The van der Waals surface area contributed by atoms with E-state index >= 15 is 0 Å². The number of hydrogen-bond acceptors (Lipinski definition) is 0. The van der Waals surface area contributed by atoms with Crippen molar-refractivity contribution < 1.29 is 0 Å². The van der Waals surface area contributed by atoms with E-state index in [-0.39, 0.29) is 0 Å². The van der Waals surface area contributed by atoms with Crippen molar-refractivity contribution in [1.82, 2.24) is 4.57 Å². The molecule has 1 aromatic heterocycles. The standard InChI is InChI=1S/C13H23N/c1-6-8-9-12-10(3)13(7-2)14(5)11(12)4/h6-9H2,1-5H3. The lowest BCUT2D eigenvalue weighted by Gasteiger charge is -2.02. The number of rotatable bonds is 4. The smallest absolute Gasteiger partial charge is 0.0203 e. The first-order chi connectivity index (χ1) is 6.63. The van der Waals surface area contributed by atoms with E-state index in [1.54, 1.807) is 5.56 Å². The van der Waals surface area contributed by atoms with Crippen molar-refractivity contribution in [3.05, 3.63) is 22.5 Å². The first-order valence-corrected chi connectivity index (χ1v) is 5.77. The molecule has 0 aliphatic heterocycles. The SMILES string of the molecule is CCCCc1c(C)c(CC)n(C)c1C. The van der Waals surface area contributed by atoms with Crippen LogP contribution in [-0.4, -0.2) is 4.57 Å². The average molecular weight is 193 g/mol. The fourth-order valence-corrected chi connectivity index (χ4v) is 2.33. The van der Waals surface area contributed by atoms with Gasteiger partial charge in [-0.3, -0.25) is 0 Å². The summed E-state index contributed by atoms with van der Waals surface area (Å²) in [6, 6.07) is 0. The molecule has 1 heteroatoms. The van der Waals surface area contributed by atoms with Crippen LogP contribution in [-0.2, 0) is 19.9 Å². The van der Waals surface area contributed by atoms with Crippen LogP contribution >= 0.6 is 0 Å². The van der Waals surface area contributed by atoms with Gasteiger partial charge in [-0.1, -0.05) is 20.3 Å². The highest BCUT2D eigenvalue weighted by Crippen LogP contribution is 2.23. The number of unbranched alkanes of at least 4 members (excludes halogenated alkanes) is 1. The average Bonchev–Trinajstić information content (AvgIpc) is 2.37. The summed E-state index contributed by atoms with van der Waals surface area (Å²) in [5, 5.41) is 0. The summed E-state index contributed by atoms with van der Waals surface area (Å²) in [7, 11) is 2.19. The minimum absolute atomic E-state index is 1.15. The molecule has 0 aliphatic rings. The lowest BCUT2D eigenvalue weighted by atomic mass is 10.0. The van der Waals surface area contributed by atoms with Gasteiger partial charge in [0, 0.05) is 18.4 Å². The van der Waals surface area contributed by atoms with Gasteiger partial charge in [-0.15, -0.1) is 0 Å². The Morgan fingerprint density at radius 3 is 2.21 bits per heavy atom. The van der Waals surface area contributed by atoms with Crippen LogP contribution in [0.4, 0.5) is 0 Å². The summed E-state index contributed by atoms with van der Waals surface area (Å²) in [6.45, 7) is 9.02. The predicted octanol–water partition coefficient (Wildman–Crippen LogP) is 3.55. The molecule has 1 aromatic rings. The Morgan fingerprint density at radius 1 is 1.14 bits per heavy atom. The van der Waals surface area contributed by atoms with E-state index in [9.17, 15) is 0 Å². The molecule has 0 aliphatic carbocycles. The van der Waals surface area contributed by atoms with Crippen LogP contribution in [0.5, 0.6) is 0 Å². The zero-order valence-corrected chi connectivity index (χ0v) is 10.3. The van der Waals surface area contributed by atoms with Crippen LogP contribution < -0.4 is 0 Å². The van der Waals surface area contributed by atoms with Gasteiger partial charge in [-0.25, -0.2) is 0 Å². The van der Waals surface area contributed by atoms with Crippen LogP contribution in [0.3, 0.4) is 0 Å². The minimum atomic E-state index is 1.15. The first kappa shape index (κ1) is 11.4.